The molecule has 9 heteroatoms. The van der Waals surface area contributed by atoms with Gasteiger partial charge >= 0.3 is 0 Å². The summed E-state index contributed by atoms with van der Waals surface area (Å²) >= 11 is 0. The highest BCUT2D eigenvalue weighted by Crippen LogP contribution is 2.31. The summed E-state index contributed by atoms with van der Waals surface area (Å²) < 4.78 is 35.9. The fourth-order valence-electron chi connectivity index (χ4n) is 2.73. The molecule has 1 atom stereocenters. The minimum absolute atomic E-state index is 0.0156. The summed E-state index contributed by atoms with van der Waals surface area (Å²) in [5.41, 5.74) is 0.844. The highest BCUT2D eigenvalue weighted by molar-refractivity contribution is 7.92. The van der Waals surface area contributed by atoms with Crippen molar-refractivity contribution in [3.8, 4) is 11.5 Å². The zero-order valence-electron chi connectivity index (χ0n) is 15.4. The van der Waals surface area contributed by atoms with E-state index in [1.54, 1.807) is 31.4 Å². The second kappa shape index (κ2) is 7.89. The summed E-state index contributed by atoms with van der Waals surface area (Å²) in [6, 6.07) is 11.0. The third-order valence-electron chi connectivity index (χ3n) is 4.29. The van der Waals surface area contributed by atoms with Crippen molar-refractivity contribution < 1.29 is 27.5 Å². The third-order valence-corrected chi connectivity index (χ3v) is 6.43. The number of benzene rings is 2. The number of carbonyl (C=O) groups is 2. The number of nitrogens with one attached hydrogen (secondary N) is 2. The maximum atomic E-state index is 12.8. The van der Waals surface area contributed by atoms with Gasteiger partial charge in [-0.1, -0.05) is 0 Å². The number of fused-ring (bicyclic) bond motifs is 1. The SMILES string of the molecule is COc1ccc(NC(=O)C[C@H](C)S(=O)(=O)c2ccc3c(c2)NC(=O)CO3)cc1. The Hall–Kier alpha value is -3.07. The van der Waals surface area contributed by atoms with Crippen LogP contribution in [0.3, 0.4) is 0 Å². The number of methoxy groups -OCH3 is 1. The van der Waals surface area contributed by atoms with Crippen LogP contribution in [0.5, 0.6) is 11.5 Å². The minimum atomic E-state index is -3.78. The predicted molar refractivity (Wildman–Crippen MR) is 103 cm³/mol. The molecule has 28 heavy (non-hydrogen) atoms. The Balaban J connectivity index is 1.70. The minimum Gasteiger partial charge on any atom is -0.497 e. The normalized spacial score (nSPS) is 14.3. The largest absolute Gasteiger partial charge is 0.497 e. The first kappa shape index (κ1) is 19.7. The monoisotopic (exact) mass is 404 g/mol. The molecule has 1 heterocycles. The lowest BCUT2D eigenvalue weighted by molar-refractivity contribution is -0.118. The number of hydrogen-bond donors (Lipinski definition) is 2. The van der Waals surface area contributed by atoms with Gasteiger partial charge in [0.15, 0.2) is 16.4 Å². The van der Waals surface area contributed by atoms with Crippen LogP contribution in [0.15, 0.2) is 47.4 Å². The van der Waals surface area contributed by atoms with Gasteiger partial charge in [-0.25, -0.2) is 8.42 Å². The Morgan fingerprint density at radius 3 is 2.64 bits per heavy atom. The van der Waals surface area contributed by atoms with Gasteiger partial charge in [-0.3, -0.25) is 9.59 Å². The Bertz CT molecular complexity index is 1000. The average molecular weight is 404 g/mol. The van der Waals surface area contributed by atoms with Crippen LogP contribution in [-0.4, -0.2) is 39.2 Å². The van der Waals surface area contributed by atoms with Gasteiger partial charge in [0, 0.05) is 12.1 Å². The Morgan fingerprint density at radius 2 is 1.96 bits per heavy atom. The molecule has 0 fully saturated rings. The van der Waals surface area contributed by atoms with Crippen molar-refractivity contribution in [2.75, 3.05) is 24.4 Å². The highest BCUT2D eigenvalue weighted by Gasteiger charge is 2.27. The van der Waals surface area contributed by atoms with E-state index in [4.69, 9.17) is 9.47 Å². The summed E-state index contributed by atoms with van der Waals surface area (Å²) in [5, 5.41) is 4.29. The molecule has 0 radical (unpaired) electrons. The van der Waals surface area contributed by atoms with E-state index in [2.05, 4.69) is 10.6 Å². The third kappa shape index (κ3) is 4.25. The number of ether oxygens (including phenoxy) is 2. The van der Waals surface area contributed by atoms with Crippen LogP contribution < -0.4 is 20.1 Å². The average Bonchev–Trinajstić information content (AvgIpc) is 2.67. The van der Waals surface area contributed by atoms with Gasteiger partial charge in [0.1, 0.15) is 11.5 Å². The van der Waals surface area contributed by atoms with Gasteiger partial charge in [0.25, 0.3) is 5.91 Å². The first-order valence-electron chi connectivity index (χ1n) is 8.54. The zero-order chi connectivity index (χ0) is 20.3. The molecule has 2 aromatic rings. The zero-order valence-corrected chi connectivity index (χ0v) is 16.2. The second-order valence-electron chi connectivity index (χ2n) is 6.33. The standard InChI is InChI=1S/C19H20N2O6S/c1-12(9-18(22)20-13-3-5-14(26-2)6-4-13)28(24,25)15-7-8-17-16(10-15)21-19(23)11-27-17/h3-8,10,12H,9,11H2,1-2H3,(H,20,22)(H,21,23)/t12-/m0/s1. The first-order chi connectivity index (χ1) is 13.3. The van der Waals surface area contributed by atoms with Gasteiger partial charge in [0.05, 0.1) is 22.9 Å². The van der Waals surface area contributed by atoms with Gasteiger partial charge in [-0.2, -0.15) is 0 Å². The molecule has 2 amide bonds. The molecule has 148 valence electrons. The van der Waals surface area contributed by atoms with Crippen molar-refractivity contribution in [1.82, 2.24) is 0 Å². The molecule has 0 spiro atoms. The quantitative estimate of drug-likeness (QED) is 0.764. The lowest BCUT2D eigenvalue weighted by atomic mass is 10.2. The number of anilines is 2. The van der Waals surface area contributed by atoms with E-state index in [9.17, 15) is 18.0 Å². The summed E-state index contributed by atoms with van der Waals surface area (Å²) in [6.45, 7) is 1.36. The van der Waals surface area contributed by atoms with Crippen LogP contribution in [0.4, 0.5) is 11.4 Å². The molecule has 0 bridgehead atoms. The summed E-state index contributed by atoms with van der Waals surface area (Å²) in [6.07, 6.45) is -0.214. The smallest absolute Gasteiger partial charge is 0.262 e. The highest BCUT2D eigenvalue weighted by atomic mass is 32.2. The lowest BCUT2D eigenvalue weighted by Crippen LogP contribution is -2.27. The van der Waals surface area contributed by atoms with Crippen molar-refractivity contribution in [3.05, 3.63) is 42.5 Å². The van der Waals surface area contributed by atoms with E-state index in [0.29, 0.717) is 22.9 Å². The molecule has 0 unspecified atom stereocenters. The van der Waals surface area contributed by atoms with E-state index in [1.165, 1.54) is 25.1 Å². The fraction of sp³-hybridized carbons (Fsp3) is 0.263. The first-order valence-corrected chi connectivity index (χ1v) is 10.1. The van der Waals surface area contributed by atoms with E-state index < -0.39 is 21.0 Å². The number of sulfone groups is 1. The Labute approximate surface area is 162 Å². The van der Waals surface area contributed by atoms with Crippen LogP contribution in [0.25, 0.3) is 0 Å². The molecule has 0 saturated heterocycles. The van der Waals surface area contributed by atoms with E-state index >= 15 is 0 Å². The predicted octanol–water partition coefficient (Wildman–Crippen LogP) is 2.22. The van der Waals surface area contributed by atoms with Crippen molar-refractivity contribution in [1.29, 1.82) is 0 Å². The Kier molecular flexibility index (Phi) is 5.55. The molecule has 0 saturated carbocycles. The van der Waals surface area contributed by atoms with Crippen molar-refractivity contribution in [3.63, 3.8) is 0 Å². The molecule has 2 N–H and O–H groups in total. The van der Waals surface area contributed by atoms with Gasteiger partial charge < -0.3 is 20.1 Å². The van der Waals surface area contributed by atoms with Crippen LogP contribution >= 0.6 is 0 Å². The molecule has 8 nitrogen and oxygen atoms in total. The summed E-state index contributed by atoms with van der Waals surface area (Å²) in [5.74, 6) is 0.283. The van der Waals surface area contributed by atoms with Crippen LogP contribution in [0.1, 0.15) is 13.3 Å². The Morgan fingerprint density at radius 1 is 1.25 bits per heavy atom. The topological polar surface area (TPSA) is 111 Å². The fourth-order valence-corrected chi connectivity index (χ4v) is 4.10. The van der Waals surface area contributed by atoms with Crippen LogP contribution in [-0.2, 0) is 19.4 Å². The van der Waals surface area contributed by atoms with Gasteiger partial charge in [0.2, 0.25) is 5.91 Å². The molecule has 2 aromatic carbocycles. The number of hydrogen-bond acceptors (Lipinski definition) is 6. The lowest BCUT2D eigenvalue weighted by Gasteiger charge is -2.19. The van der Waals surface area contributed by atoms with Crippen LogP contribution in [0.2, 0.25) is 0 Å². The van der Waals surface area contributed by atoms with E-state index in [1.807, 2.05) is 0 Å². The summed E-state index contributed by atoms with van der Waals surface area (Å²) in [4.78, 5) is 23.7. The van der Waals surface area contributed by atoms with Crippen LogP contribution in [0, 0.1) is 0 Å². The second-order valence-corrected chi connectivity index (χ2v) is 8.70. The number of rotatable bonds is 6. The molecule has 1 aliphatic heterocycles. The van der Waals surface area contributed by atoms with E-state index in [0.717, 1.165) is 0 Å². The number of carbonyl (C=O) groups excluding carboxylic acids is 2. The molecule has 0 aromatic heterocycles. The maximum Gasteiger partial charge on any atom is 0.262 e. The number of amides is 2. The van der Waals surface area contributed by atoms with Gasteiger partial charge in [-0.15, -0.1) is 0 Å². The molecule has 0 aliphatic carbocycles. The van der Waals surface area contributed by atoms with Gasteiger partial charge in [-0.05, 0) is 49.4 Å². The van der Waals surface area contributed by atoms with E-state index in [-0.39, 0.29) is 23.8 Å². The van der Waals surface area contributed by atoms with Crippen molar-refractivity contribution in [2.45, 2.75) is 23.5 Å². The maximum absolute atomic E-state index is 12.8. The molecular formula is C19H20N2O6S. The summed E-state index contributed by atoms with van der Waals surface area (Å²) in [7, 11) is -2.24. The molecule has 1 aliphatic rings. The van der Waals surface area contributed by atoms with Crippen molar-refractivity contribution in [2.24, 2.45) is 0 Å². The molecule has 3 rings (SSSR count). The molecular weight excluding hydrogens is 384 g/mol. The van der Waals surface area contributed by atoms with Crippen molar-refractivity contribution >= 4 is 33.0 Å².